The summed E-state index contributed by atoms with van der Waals surface area (Å²) in [6.07, 6.45) is -3.23. The van der Waals surface area contributed by atoms with Crippen LogP contribution in [-0.4, -0.2) is 22.2 Å². The fourth-order valence-electron chi connectivity index (χ4n) is 1.13. The Labute approximate surface area is 86.1 Å². The molecule has 5 heteroatoms. The maximum Gasteiger partial charge on any atom is 0.249 e. The van der Waals surface area contributed by atoms with Crippen molar-refractivity contribution in [1.29, 1.82) is 0 Å². The number of aliphatic hydroxyl groups is 2. The van der Waals surface area contributed by atoms with Crippen molar-refractivity contribution in [1.82, 2.24) is 0 Å². The zero-order chi connectivity index (χ0) is 11.6. The van der Waals surface area contributed by atoms with E-state index in [1.807, 2.05) is 0 Å². The molecule has 0 radical (unpaired) electrons. The van der Waals surface area contributed by atoms with E-state index in [0.29, 0.717) is 5.56 Å². The van der Waals surface area contributed by atoms with Gasteiger partial charge in [-0.1, -0.05) is 12.1 Å². The van der Waals surface area contributed by atoms with Crippen LogP contribution in [0.25, 0.3) is 0 Å². The van der Waals surface area contributed by atoms with Gasteiger partial charge in [0.05, 0.1) is 0 Å². The summed E-state index contributed by atoms with van der Waals surface area (Å²) < 4.78 is 13.1. The second-order valence-corrected chi connectivity index (χ2v) is 3.30. The first-order valence-corrected chi connectivity index (χ1v) is 4.35. The van der Waals surface area contributed by atoms with Crippen molar-refractivity contribution in [3.8, 4) is 0 Å². The van der Waals surface area contributed by atoms with Crippen molar-refractivity contribution < 1.29 is 19.4 Å². The predicted molar refractivity (Wildman–Crippen MR) is 51.3 cm³/mol. The fraction of sp³-hybridized carbons (Fsp3) is 0.300. The minimum absolute atomic E-state index is 0.115. The highest BCUT2D eigenvalue weighted by Crippen LogP contribution is 2.19. The quantitative estimate of drug-likeness (QED) is 0.661. The molecule has 2 unspecified atom stereocenters. The Bertz CT molecular complexity index is 381. The summed E-state index contributed by atoms with van der Waals surface area (Å²) in [6.45, 7) is 1.57. The molecular weight excluding hydrogens is 201 g/mol. The van der Waals surface area contributed by atoms with E-state index in [2.05, 4.69) is 0 Å². The van der Waals surface area contributed by atoms with Gasteiger partial charge in [0, 0.05) is 0 Å². The van der Waals surface area contributed by atoms with E-state index in [4.69, 9.17) is 10.8 Å². The van der Waals surface area contributed by atoms with E-state index in [9.17, 15) is 14.3 Å². The average molecular weight is 213 g/mol. The summed E-state index contributed by atoms with van der Waals surface area (Å²) in [5.41, 5.74) is 5.33. The van der Waals surface area contributed by atoms with Gasteiger partial charge in [-0.3, -0.25) is 4.79 Å². The molecule has 0 saturated carbocycles. The Morgan fingerprint density at radius 1 is 1.47 bits per heavy atom. The van der Waals surface area contributed by atoms with Crippen LogP contribution in [0.4, 0.5) is 4.39 Å². The van der Waals surface area contributed by atoms with Crippen LogP contribution in [-0.2, 0) is 4.79 Å². The molecule has 0 aliphatic heterocycles. The Kier molecular flexibility index (Phi) is 3.39. The standard InChI is InChI=1S/C10H12FNO3/c1-5-2-3-6(4-7(5)11)8(13)9(14)10(12)15/h2-4,8-9,13-14H,1H3,(H2,12,15). The molecule has 0 aliphatic carbocycles. The Morgan fingerprint density at radius 2 is 2.07 bits per heavy atom. The van der Waals surface area contributed by atoms with Gasteiger partial charge in [0.25, 0.3) is 0 Å². The molecule has 0 fully saturated rings. The summed E-state index contributed by atoms with van der Waals surface area (Å²) in [4.78, 5) is 10.6. The lowest BCUT2D eigenvalue weighted by atomic mass is 10.0. The van der Waals surface area contributed by atoms with Crippen LogP contribution < -0.4 is 5.73 Å². The smallest absolute Gasteiger partial charge is 0.249 e. The number of nitrogens with two attached hydrogens (primary N) is 1. The van der Waals surface area contributed by atoms with Crippen LogP contribution in [0.3, 0.4) is 0 Å². The summed E-state index contributed by atoms with van der Waals surface area (Å²) in [5, 5.41) is 18.6. The molecule has 0 heterocycles. The number of carbonyl (C=O) groups excluding carboxylic acids is 1. The lowest BCUT2D eigenvalue weighted by molar-refractivity contribution is -0.131. The van der Waals surface area contributed by atoms with Crippen molar-refractivity contribution in [3.63, 3.8) is 0 Å². The van der Waals surface area contributed by atoms with Crippen LogP contribution >= 0.6 is 0 Å². The molecule has 0 spiro atoms. The molecule has 0 aliphatic rings. The Hall–Kier alpha value is -1.46. The van der Waals surface area contributed by atoms with Gasteiger partial charge in [-0.2, -0.15) is 0 Å². The van der Waals surface area contributed by atoms with Crippen molar-refractivity contribution in [3.05, 3.63) is 35.1 Å². The SMILES string of the molecule is Cc1ccc(C(O)C(O)C(N)=O)cc1F. The molecule has 4 nitrogen and oxygen atoms in total. The van der Waals surface area contributed by atoms with Crippen LogP contribution in [0.15, 0.2) is 18.2 Å². The molecular formula is C10H12FNO3. The Morgan fingerprint density at radius 3 is 2.53 bits per heavy atom. The minimum atomic E-state index is -1.73. The first-order chi connectivity index (χ1) is 6.93. The number of carbonyl (C=O) groups is 1. The maximum absolute atomic E-state index is 13.1. The molecule has 1 amide bonds. The highest BCUT2D eigenvalue weighted by Gasteiger charge is 2.23. The molecule has 15 heavy (non-hydrogen) atoms. The van der Waals surface area contributed by atoms with Gasteiger partial charge in [-0.05, 0) is 24.1 Å². The zero-order valence-corrected chi connectivity index (χ0v) is 8.14. The van der Waals surface area contributed by atoms with E-state index in [1.165, 1.54) is 12.1 Å². The van der Waals surface area contributed by atoms with Gasteiger partial charge >= 0.3 is 0 Å². The third-order valence-corrected chi connectivity index (χ3v) is 2.13. The van der Waals surface area contributed by atoms with E-state index in [-0.39, 0.29) is 5.56 Å². The summed E-state index contributed by atoms with van der Waals surface area (Å²) >= 11 is 0. The highest BCUT2D eigenvalue weighted by atomic mass is 19.1. The van der Waals surface area contributed by atoms with Gasteiger partial charge < -0.3 is 15.9 Å². The summed E-state index contributed by atoms with van der Waals surface area (Å²) in [7, 11) is 0. The number of benzene rings is 1. The van der Waals surface area contributed by atoms with Crippen molar-refractivity contribution in [2.45, 2.75) is 19.1 Å². The van der Waals surface area contributed by atoms with E-state index in [1.54, 1.807) is 6.92 Å². The van der Waals surface area contributed by atoms with E-state index < -0.39 is 23.9 Å². The molecule has 0 bridgehead atoms. The first-order valence-electron chi connectivity index (χ1n) is 4.35. The third kappa shape index (κ3) is 2.51. The average Bonchev–Trinajstić information content (AvgIpc) is 2.19. The second kappa shape index (κ2) is 4.37. The Balaban J connectivity index is 2.96. The molecule has 1 rings (SSSR count). The summed E-state index contributed by atoms with van der Waals surface area (Å²) in [5.74, 6) is -1.56. The van der Waals surface area contributed by atoms with Crippen LogP contribution in [0, 0.1) is 12.7 Å². The lowest BCUT2D eigenvalue weighted by Gasteiger charge is -2.15. The number of hydrogen-bond acceptors (Lipinski definition) is 3. The van der Waals surface area contributed by atoms with Crippen LogP contribution in [0.5, 0.6) is 0 Å². The molecule has 0 aromatic heterocycles. The fourth-order valence-corrected chi connectivity index (χ4v) is 1.13. The number of rotatable bonds is 3. The van der Waals surface area contributed by atoms with Gasteiger partial charge in [-0.25, -0.2) is 4.39 Å². The van der Waals surface area contributed by atoms with Gasteiger partial charge in [0.1, 0.15) is 11.9 Å². The molecule has 2 atom stereocenters. The molecule has 1 aromatic rings. The number of aryl methyl sites for hydroxylation is 1. The zero-order valence-electron chi connectivity index (χ0n) is 8.14. The predicted octanol–water partition coefficient (Wildman–Crippen LogP) is 0.0137. The third-order valence-electron chi connectivity index (χ3n) is 2.13. The number of amides is 1. The van der Waals surface area contributed by atoms with Crippen LogP contribution in [0.1, 0.15) is 17.2 Å². The highest BCUT2D eigenvalue weighted by molar-refractivity contribution is 5.79. The monoisotopic (exact) mass is 213 g/mol. The number of hydrogen-bond donors (Lipinski definition) is 3. The van der Waals surface area contributed by atoms with Crippen molar-refractivity contribution in [2.75, 3.05) is 0 Å². The van der Waals surface area contributed by atoms with Gasteiger partial charge in [0.2, 0.25) is 5.91 Å². The summed E-state index contributed by atoms with van der Waals surface area (Å²) in [6, 6.07) is 3.93. The number of primary amides is 1. The first kappa shape index (κ1) is 11.6. The minimum Gasteiger partial charge on any atom is -0.385 e. The topological polar surface area (TPSA) is 83.6 Å². The molecule has 82 valence electrons. The molecule has 4 N–H and O–H groups in total. The maximum atomic E-state index is 13.1. The van der Waals surface area contributed by atoms with Crippen LogP contribution in [0.2, 0.25) is 0 Å². The van der Waals surface area contributed by atoms with E-state index >= 15 is 0 Å². The number of halogens is 1. The molecule has 0 saturated heterocycles. The van der Waals surface area contributed by atoms with Gasteiger partial charge in [-0.15, -0.1) is 0 Å². The van der Waals surface area contributed by atoms with E-state index in [0.717, 1.165) is 6.07 Å². The largest absolute Gasteiger partial charge is 0.385 e. The van der Waals surface area contributed by atoms with Crippen molar-refractivity contribution >= 4 is 5.91 Å². The lowest BCUT2D eigenvalue weighted by Crippen LogP contribution is -2.33. The van der Waals surface area contributed by atoms with Crippen molar-refractivity contribution in [2.24, 2.45) is 5.73 Å². The van der Waals surface area contributed by atoms with Gasteiger partial charge in [0.15, 0.2) is 6.10 Å². The normalized spacial score (nSPS) is 14.7. The second-order valence-electron chi connectivity index (χ2n) is 3.30. The number of aliphatic hydroxyl groups excluding tert-OH is 2. The molecule has 1 aromatic carbocycles.